The molecule has 0 atom stereocenters. The molecule has 0 aliphatic carbocycles. The van der Waals surface area contributed by atoms with E-state index in [1.807, 2.05) is 17.1 Å². The molecule has 1 heterocycles. The molecule has 2 rings (SSSR count). The van der Waals surface area contributed by atoms with Crippen LogP contribution in [0.15, 0.2) is 24.3 Å². The molecular weight excluding hydrogens is 150 g/mol. The Bertz CT molecular complexity index is 272. The highest BCUT2D eigenvalue weighted by atomic mass is 15.4. The number of nitrogens with zero attached hydrogens (tertiary/aromatic N) is 1. The minimum atomic E-state index is 0.836. The molecule has 3 N–H and O–H groups in total. The highest BCUT2D eigenvalue weighted by molar-refractivity contribution is 5.51. The summed E-state index contributed by atoms with van der Waals surface area (Å²) in [4.78, 5) is 0. The predicted octanol–water partition coefficient (Wildman–Crippen LogP) is 0.788. The van der Waals surface area contributed by atoms with Crippen molar-refractivity contribution in [3.63, 3.8) is 0 Å². The number of hydrogen-bond donors (Lipinski definition) is 2. The van der Waals surface area contributed by atoms with Gasteiger partial charge in [0.1, 0.15) is 0 Å². The molecule has 3 heteroatoms. The third-order valence-corrected chi connectivity index (χ3v) is 2.11. The van der Waals surface area contributed by atoms with Crippen LogP contribution in [0.2, 0.25) is 0 Å². The van der Waals surface area contributed by atoms with Gasteiger partial charge >= 0.3 is 0 Å². The summed E-state index contributed by atoms with van der Waals surface area (Å²) < 4.78 is 0. The maximum atomic E-state index is 5.74. The van der Waals surface area contributed by atoms with Gasteiger partial charge in [0.15, 0.2) is 0 Å². The van der Waals surface area contributed by atoms with Crippen molar-refractivity contribution in [2.75, 3.05) is 18.4 Å². The molecule has 0 fully saturated rings. The molecule has 1 aromatic rings. The monoisotopic (exact) mass is 163 g/mol. The van der Waals surface area contributed by atoms with Crippen molar-refractivity contribution >= 4 is 5.69 Å². The van der Waals surface area contributed by atoms with Gasteiger partial charge in [-0.1, -0.05) is 18.2 Å². The Morgan fingerprint density at radius 2 is 2.17 bits per heavy atom. The molecule has 0 saturated heterocycles. The van der Waals surface area contributed by atoms with Crippen molar-refractivity contribution < 1.29 is 0 Å². The molecule has 3 nitrogen and oxygen atoms in total. The van der Waals surface area contributed by atoms with Gasteiger partial charge in [0.2, 0.25) is 0 Å². The smallest absolute Gasteiger partial charge is 0.0400 e. The molecule has 1 aromatic carbocycles. The van der Waals surface area contributed by atoms with Crippen LogP contribution in [0.4, 0.5) is 5.69 Å². The first-order valence-corrected chi connectivity index (χ1v) is 4.18. The molecule has 0 radical (unpaired) electrons. The molecule has 0 unspecified atom stereocenters. The highest BCUT2D eigenvalue weighted by Gasteiger charge is 2.09. The summed E-state index contributed by atoms with van der Waals surface area (Å²) in [6.07, 6.45) is 0. The van der Waals surface area contributed by atoms with Gasteiger partial charge in [0.05, 0.1) is 0 Å². The minimum absolute atomic E-state index is 0.836. The van der Waals surface area contributed by atoms with E-state index in [9.17, 15) is 0 Å². The zero-order valence-corrected chi connectivity index (χ0v) is 6.96. The normalized spacial score (nSPS) is 17.8. The number of hydrogen-bond acceptors (Lipinski definition) is 3. The summed E-state index contributed by atoms with van der Waals surface area (Å²) in [5.41, 5.74) is 2.49. The number of nitrogens with two attached hydrogens (primary N) is 1. The second-order valence-corrected chi connectivity index (χ2v) is 3.05. The van der Waals surface area contributed by atoms with Gasteiger partial charge in [0.25, 0.3) is 0 Å². The molecule has 1 aliphatic heterocycles. The Morgan fingerprint density at radius 1 is 1.33 bits per heavy atom. The van der Waals surface area contributed by atoms with E-state index in [4.69, 9.17) is 5.84 Å². The summed E-state index contributed by atoms with van der Waals surface area (Å²) in [6.45, 7) is 2.66. The summed E-state index contributed by atoms with van der Waals surface area (Å²) in [6, 6.07) is 8.28. The average Bonchev–Trinajstić information content (AvgIpc) is 2.25. The second-order valence-electron chi connectivity index (χ2n) is 3.05. The Labute approximate surface area is 72.1 Å². The Kier molecular flexibility index (Phi) is 1.98. The van der Waals surface area contributed by atoms with Crippen LogP contribution in [0, 0.1) is 0 Å². The topological polar surface area (TPSA) is 41.3 Å². The Hall–Kier alpha value is -1.06. The van der Waals surface area contributed by atoms with Crippen LogP contribution in [0.5, 0.6) is 0 Å². The van der Waals surface area contributed by atoms with E-state index in [0.29, 0.717) is 0 Å². The van der Waals surface area contributed by atoms with E-state index in [-0.39, 0.29) is 0 Å². The average molecular weight is 163 g/mol. The maximum Gasteiger partial charge on any atom is 0.0400 e. The predicted molar refractivity (Wildman–Crippen MR) is 49.5 cm³/mol. The van der Waals surface area contributed by atoms with Crippen molar-refractivity contribution in [1.29, 1.82) is 0 Å². The van der Waals surface area contributed by atoms with Crippen LogP contribution in [-0.4, -0.2) is 18.1 Å². The van der Waals surface area contributed by atoms with Gasteiger partial charge in [-0.15, -0.1) is 0 Å². The van der Waals surface area contributed by atoms with Crippen LogP contribution in [0.3, 0.4) is 0 Å². The molecule has 0 bridgehead atoms. The largest absolute Gasteiger partial charge is 0.383 e. The van der Waals surface area contributed by atoms with Crippen LogP contribution in [0.25, 0.3) is 0 Å². The van der Waals surface area contributed by atoms with Gasteiger partial charge in [0, 0.05) is 25.3 Å². The summed E-state index contributed by atoms with van der Waals surface area (Å²) in [7, 11) is 0. The molecular formula is C9H13N3. The molecule has 0 amide bonds. The number of nitrogens with one attached hydrogen (secondary N) is 1. The number of hydrazine groups is 1. The fourth-order valence-corrected chi connectivity index (χ4v) is 1.46. The van der Waals surface area contributed by atoms with Crippen LogP contribution >= 0.6 is 0 Å². The highest BCUT2D eigenvalue weighted by Crippen LogP contribution is 2.17. The number of benzene rings is 1. The summed E-state index contributed by atoms with van der Waals surface area (Å²) >= 11 is 0. The summed E-state index contributed by atoms with van der Waals surface area (Å²) in [5.74, 6) is 5.74. The van der Waals surface area contributed by atoms with E-state index in [2.05, 4.69) is 17.4 Å². The molecule has 0 spiro atoms. The zero-order chi connectivity index (χ0) is 8.39. The molecule has 1 aliphatic rings. The number of para-hydroxylation sites is 1. The molecule has 64 valence electrons. The third-order valence-electron chi connectivity index (χ3n) is 2.11. The third kappa shape index (κ3) is 1.42. The minimum Gasteiger partial charge on any atom is -0.383 e. The number of rotatable bonds is 0. The summed E-state index contributed by atoms with van der Waals surface area (Å²) in [5, 5.41) is 5.17. The van der Waals surface area contributed by atoms with Crippen LogP contribution < -0.4 is 11.2 Å². The molecule has 0 saturated carbocycles. The number of fused-ring (bicyclic) bond motifs is 1. The lowest BCUT2D eigenvalue weighted by Gasteiger charge is -2.11. The van der Waals surface area contributed by atoms with Crippen molar-refractivity contribution in [2.45, 2.75) is 6.54 Å². The van der Waals surface area contributed by atoms with Gasteiger partial charge in [-0.05, 0) is 11.6 Å². The molecule has 12 heavy (non-hydrogen) atoms. The quantitative estimate of drug-likeness (QED) is 0.555. The van der Waals surface area contributed by atoms with E-state index in [1.54, 1.807) is 0 Å². The fourth-order valence-electron chi connectivity index (χ4n) is 1.46. The van der Waals surface area contributed by atoms with Gasteiger partial charge < -0.3 is 5.32 Å². The first-order valence-electron chi connectivity index (χ1n) is 4.18. The van der Waals surface area contributed by atoms with E-state index >= 15 is 0 Å². The standard InChI is InChI=1S/C9H13N3/c10-12-6-5-11-9-4-2-1-3-8(9)7-12/h1-4,11H,5-7,10H2. The van der Waals surface area contributed by atoms with Gasteiger partial charge in [-0.3, -0.25) is 5.84 Å². The van der Waals surface area contributed by atoms with Crippen molar-refractivity contribution in [3.05, 3.63) is 29.8 Å². The van der Waals surface area contributed by atoms with Crippen LogP contribution in [0.1, 0.15) is 5.56 Å². The van der Waals surface area contributed by atoms with Crippen molar-refractivity contribution in [3.8, 4) is 0 Å². The zero-order valence-electron chi connectivity index (χ0n) is 6.96. The second kappa shape index (κ2) is 3.13. The van der Waals surface area contributed by atoms with E-state index in [1.165, 1.54) is 11.3 Å². The maximum absolute atomic E-state index is 5.74. The SMILES string of the molecule is NN1CCNc2ccccc2C1. The Balaban J connectivity index is 2.31. The Morgan fingerprint density at radius 3 is 3.08 bits per heavy atom. The van der Waals surface area contributed by atoms with Crippen molar-refractivity contribution in [1.82, 2.24) is 5.01 Å². The van der Waals surface area contributed by atoms with E-state index < -0.39 is 0 Å². The van der Waals surface area contributed by atoms with Gasteiger partial charge in [-0.25, -0.2) is 5.01 Å². The lowest BCUT2D eigenvalue weighted by molar-refractivity contribution is 0.291. The fraction of sp³-hybridized carbons (Fsp3) is 0.333. The lowest BCUT2D eigenvalue weighted by Crippen LogP contribution is -2.32. The molecule has 0 aromatic heterocycles. The van der Waals surface area contributed by atoms with E-state index in [0.717, 1.165) is 19.6 Å². The first kappa shape index (κ1) is 7.58. The first-order chi connectivity index (χ1) is 5.86. The van der Waals surface area contributed by atoms with Gasteiger partial charge in [-0.2, -0.15) is 0 Å². The van der Waals surface area contributed by atoms with Crippen LogP contribution in [-0.2, 0) is 6.54 Å². The van der Waals surface area contributed by atoms with Crippen molar-refractivity contribution in [2.24, 2.45) is 5.84 Å². The lowest BCUT2D eigenvalue weighted by atomic mass is 10.2. The number of anilines is 1.